The number of hydrogen-bond donors (Lipinski definition) is 1. The Kier molecular flexibility index (Phi) is 6.68. The highest BCUT2D eigenvalue weighted by atomic mass is 32.2. The van der Waals surface area contributed by atoms with Crippen molar-refractivity contribution < 1.29 is 26.9 Å². The number of anilines is 2. The molecule has 8 nitrogen and oxygen atoms in total. The van der Waals surface area contributed by atoms with Crippen LogP contribution in [0.4, 0.5) is 24.8 Å². The summed E-state index contributed by atoms with van der Waals surface area (Å²) in [7, 11) is 0.570. The molecule has 1 N–H and O–H groups in total. The number of benzene rings is 1. The van der Waals surface area contributed by atoms with Gasteiger partial charge in [0.15, 0.2) is 0 Å². The molecule has 1 aliphatic carbocycles. The Hall–Kier alpha value is -2.87. The summed E-state index contributed by atoms with van der Waals surface area (Å²) >= 11 is 0.899. The van der Waals surface area contributed by atoms with Crippen LogP contribution in [0.2, 0.25) is 0 Å². The molecule has 0 spiro atoms. The predicted molar refractivity (Wildman–Crippen MR) is 149 cm³/mol. The number of ether oxygens (including phenoxy) is 1. The van der Waals surface area contributed by atoms with Crippen LogP contribution in [0, 0.1) is 0 Å². The molecule has 3 aliphatic heterocycles. The van der Waals surface area contributed by atoms with Crippen molar-refractivity contribution in [1.82, 2.24) is 19.8 Å². The molecule has 1 amide bonds. The van der Waals surface area contributed by atoms with E-state index in [9.17, 15) is 22.2 Å². The van der Waals surface area contributed by atoms with Crippen LogP contribution >= 0.6 is 11.3 Å². The van der Waals surface area contributed by atoms with E-state index in [4.69, 9.17) is 4.74 Å². The Morgan fingerprint density at radius 2 is 1.95 bits per heavy atom. The Morgan fingerprint density at radius 3 is 2.59 bits per heavy atom. The Balaban J connectivity index is 1.25. The number of nitrogens with one attached hydrogen (secondary N) is 1. The highest BCUT2D eigenvalue weighted by Crippen LogP contribution is 2.46. The largest absolute Gasteiger partial charge is 0.420 e. The van der Waals surface area contributed by atoms with Crippen molar-refractivity contribution in [3.8, 4) is 10.6 Å². The summed E-state index contributed by atoms with van der Waals surface area (Å²) in [5, 5.41) is 3.17. The fraction of sp³-hybridized carbons (Fsp3) is 0.464. The summed E-state index contributed by atoms with van der Waals surface area (Å²) in [5.41, 5.74) is 1.79. The predicted octanol–water partition coefficient (Wildman–Crippen LogP) is 5.18. The zero-order valence-electron chi connectivity index (χ0n) is 22.2. The SMILES string of the molecule is CN1CCC1c1ccc(Nc2ncc(C(F)(F)F)c(-c3cc4c(s3)C(=O)N(C3COC3)CCS4=O)n2)c(C2CC2)c1. The zero-order valence-corrected chi connectivity index (χ0v) is 23.9. The van der Waals surface area contributed by atoms with Gasteiger partial charge in [-0.1, -0.05) is 12.1 Å². The molecule has 0 bridgehead atoms. The molecule has 13 heteroatoms. The third-order valence-corrected chi connectivity index (χ3v) is 10.9. The molecule has 5 heterocycles. The molecular formula is C28H28F3N5O3S2. The Bertz CT molecular complexity index is 1550. The van der Waals surface area contributed by atoms with Crippen molar-refractivity contribution in [1.29, 1.82) is 0 Å². The van der Waals surface area contributed by atoms with Crippen molar-refractivity contribution in [2.24, 2.45) is 0 Å². The number of fused-ring (bicyclic) bond motifs is 1. The minimum absolute atomic E-state index is 0.0349. The molecule has 3 fully saturated rings. The molecule has 4 aliphatic rings. The third kappa shape index (κ3) is 4.96. The summed E-state index contributed by atoms with van der Waals surface area (Å²) in [6.07, 6.45) is -0.714. The normalized spacial score (nSPS) is 23.5. The molecule has 1 aromatic carbocycles. The first-order valence-electron chi connectivity index (χ1n) is 13.6. The summed E-state index contributed by atoms with van der Waals surface area (Å²) in [5.74, 6) is 0.315. The first-order valence-corrected chi connectivity index (χ1v) is 15.8. The monoisotopic (exact) mass is 603 g/mol. The lowest BCUT2D eigenvalue weighted by molar-refractivity contribution is -0.137. The van der Waals surface area contributed by atoms with Crippen molar-refractivity contribution in [3.63, 3.8) is 0 Å². The van der Waals surface area contributed by atoms with Crippen molar-refractivity contribution in [3.05, 3.63) is 52.0 Å². The Morgan fingerprint density at radius 1 is 1.15 bits per heavy atom. The standard InChI is InChI=1S/C28H28F3N5O3S2/c1-35-7-6-21(35)16-4-5-20(18(10-16)15-2-3-15)33-27-32-12-19(28(29,30)31)24(34-27)22-11-23-25(40-22)26(37)36(8-9-41(23)38)17-13-39-14-17/h4-5,10-12,15,17,21H,2-3,6-9,13-14H2,1H3,(H,32,33,34). The van der Waals surface area contributed by atoms with Gasteiger partial charge in [-0.05, 0) is 55.5 Å². The summed E-state index contributed by atoms with van der Waals surface area (Å²) in [6, 6.07) is 7.90. The highest BCUT2D eigenvalue weighted by Gasteiger charge is 2.39. The van der Waals surface area contributed by atoms with E-state index in [2.05, 4.69) is 39.4 Å². The van der Waals surface area contributed by atoms with E-state index in [-0.39, 0.29) is 44.0 Å². The van der Waals surface area contributed by atoms with Gasteiger partial charge in [0.1, 0.15) is 10.4 Å². The van der Waals surface area contributed by atoms with Crippen LogP contribution in [0.15, 0.2) is 35.4 Å². The van der Waals surface area contributed by atoms with Crippen molar-refractivity contribution in [2.45, 2.75) is 48.3 Å². The smallest absolute Gasteiger partial charge is 0.377 e. The van der Waals surface area contributed by atoms with Crippen LogP contribution in [-0.2, 0) is 21.7 Å². The van der Waals surface area contributed by atoms with E-state index < -0.39 is 22.5 Å². The van der Waals surface area contributed by atoms with Gasteiger partial charge in [-0.15, -0.1) is 11.3 Å². The molecular weight excluding hydrogens is 575 g/mol. The number of rotatable bonds is 6. The van der Waals surface area contributed by atoms with E-state index in [1.165, 1.54) is 11.6 Å². The number of thiophene rings is 1. The van der Waals surface area contributed by atoms with Crippen molar-refractivity contribution in [2.75, 3.05) is 44.4 Å². The maximum absolute atomic E-state index is 14.1. The van der Waals surface area contributed by atoms with Crippen LogP contribution in [0.25, 0.3) is 10.6 Å². The maximum Gasteiger partial charge on any atom is 0.420 e. The zero-order chi connectivity index (χ0) is 28.5. The first kappa shape index (κ1) is 27.0. The lowest BCUT2D eigenvalue weighted by Gasteiger charge is -2.38. The number of aromatic nitrogens is 2. The molecule has 1 saturated carbocycles. The van der Waals surface area contributed by atoms with Crippen LogP contribution in [0.5, 0.6) is 0 Å². The van der Waals surface area contributed by atoms with Gasteiger partial charge in [0.2, 0.25) is 5.95 Å². The number of alkyl halides is 3. The highest BCUT2D eigenvalue weighted by molar-refractivity contribution is 7.85. The molecule has 2 saturated heterocycles. The molecule has 2 unspecified atom stereocenters. The van der Waals surface area contributed by atoms with E-state index in [1.807, 2.05) is 6.07 Å². The third-order valence-electron chi connectivity index (χ3n) is 8.32. The van der Waals surface area contributed by atoms with Gasteiger partial charge in [-0.2, -0.15) is 13.2 Å². The fourth-order valence-electron chi connectivity index (χ4n) is 5.61. The van der Waals surface area contributed by atoms with Crippen LogP contribution < -0.4 is 5.32 Å². The number of carbonyl (C=O) groups excluding carboxylic acids is 1. The van der Waals surface area contributed by atoms with E-state index in [0.717, 1.165) is 54.6 Å². The average molecular weight is 604 g/mol. The van der Waals surface area contributed by atoms with Gasteiger partial charge in [0, 0.05) is 36.8 Å². The molecule has 2 aromatic heterocycles. The summed E-state index contributed by atoms with van der Waals surface area (Å²) in [6.45, 7) is 2.16. The second-order valence-corrected chi connectivity index (χ2v) is 13.6. The average Bonchev–Trinajstić information content (AvgIpc) is 3.67. The molecule has 0 radical (unpaired) electrons. The molecule has 41 heavy (non-hydrogen) atoms. The van der Waals surface area contributed by atoms with Crippen LogP contribution in [0.3, 0.4) is 0 Å². The molecule has 3 aromatic rings. The quantitative estimate of drug-likeness (QED) is 0.415. The van der Waals surface area contributed by atoms with Gasteiger partial charge in [0.25, 0.3) is 5.91 Å². The fourth-order valence-corrected chi connectivity index (χ4v) is 8.23. The minimum Gasteiger partial charge on any atom is -0.377 e. The van der Waals surface area contributed by atoms with Gasteiger partial charge >= 0.3 is 6.18 Å². The summed E-state index contributed by atoms with van der Waals surface area (Å²) in [4.78, 5) is 26.2. The molecule has 216 valence electrons. The molecule has 7 rings (SSSR count). The van der Waals surface area contributed by atoms with Crippen LogP contribution in [0.1, 0.15) is 57.6 Å². The van der Waals surface area contributed by atoms with E-state index in [1.54, 1.807) is 4.90 Å². The number of amides is 1. The number of likely N-dealkylation sites (tertiary alicyclic amines) is 1. The summed E-state index contributed by atoms with van der Waals surface area (Å²) < 4.78 is 60.7. The van der Waals surface area contributed by atoms with E-state index >= 15 is 0 Å². The topological polar surface area (TPSA) is 87.7 Å². The van der Waals surface area contributed by atoms with Crippen LogP contribution in [-0.4, -0.2) is 75.0 Å². The van der Waals surface area contributed by atoms with Gasteiger partial charge in [-0.3, -0.25) is 13.9 Å². The maximum atomic E-state index is 14.1. The second kappa shape index (κ2) is 10.1. The minimum atomic E-state index is -4.72. The van der Waals surface area contributed by atoms with Gasteiger partial charge < -0.3 is 15.0 Å². The lowest BCUT2D eigenvalue weighted by atomic mass is 9.92. The molecule has 2 atom stereocenters. The van der Waals surface area contributed by atoms with Crippen molar-refractivity contribution >= 4 is 39.7 Å². The first-order chi connectivity index (χ1) is 19.7. The Labute approximate surface area is 241 Å². The lowest BCUT2D eigenvalue weighted by Crippen LogP contribution is -2.52. The number of nitrogens with zero attached hydrogens (tertiary/aromatic N) is 4. The second-order valence-electron chi connectivity index (χ2n) is 11.0. The van der Waals surface area contributed by atoms with Gasteiger partial charge in [-0.25, -0.2) is 9.97 Å². The van der Waals surface area contributed by atoms with Gasteiger partial charge in [0.05, 0.1) is 45.5 Å². The number of hydrogen-bond acceptors (Lipinski definition) is 8. The number of carbonyl (C=O) groups is 1. The number of halogens is 3. The van der Waals surface area contributed by atoms with E-state index in [0.29, 0.717) is 31.7 Å².